The van der Waals surface area contributed by atoms with Crippen LogP contribution in [0.2, 0.25) is 0 Å². The Kier molecular flexibility index (Phi) is 4.94. The molecule has 3 heteroatoms. The van der Waals surface area contributed by atoms with E-state index in [1.165, 1.54) is 32.1 Å². The summed E-state index contributed by atoms with van der Waals surface area (Å²) < 4.78 is 6.04. The molecule has 1 unspecified atom stereocenters. The van der Waals surface area contributed by atoms with Crippen LogP contribution < -0.4 is 0 Å². The van der Waals surface area contributed by atoms with Crippen molar-refractivity contribution < 1.29 is 14.3 Å². The zero-order valence-corrected chi connectivity index (χ0v) is 13.8. The summed E-state index contributed by atoms with van der Waals surface area (Å²) in [6.45, 7) is 2.22. The van der Waals surface area contributed by atoms with Gasteiger partial charge in [0.1, 0.15) is 11.9 Å². The van der Waals surface area contributed by atoms with Gasteiger partial charge in [0.2, 0.25) is 11.6 Å². The number of carbonyl (C=O) groups excluding carboxylic acids is 2. The molecule has 3 nitrogen and oxygen atoms in total. The van der Waals surface area contributed by atoms with E-state index in [-0.39, 0.29) is 17.7 Å². The average Bonchev–Trinajstić information content (AvgIpc) is 3.00. The molecule has 0 amide bonds. The second-order valence-electron chi connectivity index (χ2n) is 6.51. The summed E-state index contributed by atoms with van der Waals surface area (Å²) in [6, 6.07) is 7.27. The maximum Gasteiger partial charge on any atom is 0.234 e. The van der Waals surface area contributed by atoms with Crippen LogP contribution in [-0.2, 0) is 9.53 Å². The second kappa shape index (κ2) is 7.12. The van der Waals surface area contributed by atoms with Gasteiger partial charge in [0.25, 0.3) is 0 Å². The summed E-state index contributed by atoms with van der Waals surface area (Å²) in [4.78, 5) is 24.5. The molecule has 2 aliphatic rings. The van der Waals surface area contributed by atoms with Crippen LogP contribution in [0.15, 0.2) is 29.8 Å². The molecule has 122 valence electrons. The zero-order valence-electron chi connectivity index (χ0n) is 13.8. The Balaban J connectivity index is 1.60. The summed E-state index contributed by atoms with van der Waals surface area (Å²) in [7, 11) is 0. The van der Waals surface area contributed by atoms with Crippen LogP contribution >= 0.6 is 0 Å². The van der Waals surface area contributed by atoms with E-state index in [0.29, 0.717) is 23.3 Å². The normalized spacial score (nSPS) is 19.6. The van der Waals surface area contributed by atoms with Gasteiger partial charge in [0.15, 0.2) is 0 Å². The molecule has 0 saturated heterocycles. The van der Waals surface area contributed by atoms with E-state index in [2.05, 4.69) is 6.92 Å². The second-order valence-corrected chi connectivity index (χ2v) is 6.51. The number of hydrogen-bond donors (Lipinski definition) is 0. The summed E-state index contributed by atoms with van der Waals surface area (Å²) in [5.74, 6) is -0.103. The Bertz CT molecular complexity index is 642. The van der Waals surface area contributed by atoms with Gasteiger partial charge in [-0.15, -0.1) is 0 Å². The Hall–Kier alpha value is -1.90. The molecule has 0 bridgehead atoms. The van der Waals surface area contributed by atoms with Gasteiger partial charge in [0.05, 0.1) is 0 Å². The van der Waals surface area contributed by atoms with E-state index in [1.807, 2.05) is 12.1 Å². The van der Waals surface area contributed by atoms with Gasteiger partial charge in [-0.25, -0.2) is 0 Å². The van der Waals surface area contributed by atoms with E-state index in [4.69, 9.17) is 4.74 Å². The van der Waals surface area contributed by atoms with E-state index in [0.717, 1.165) is 18.4 Å². The first-order valence-electron chi connectivity index (χ1n) is 8.80. The molecule has 0 spiro atoms. The maximum atomic E-state index is 12.3. The molecule has 0 aromatic heterocycles. The quantitative estimate of drug-likeness (QED) is 0.541. The molecule has 3 rings (SSSR count). The van der Waals surface area contributed by atoms with Crippen LogP contribution in [0, 0.1) is 0 Å². The van der Waals surface area contributed by atoms with Crippen LogP contribution in [0.1, 0.15) is 74.2 Å². The third-order valence-corrected chi connectivity index (χ3v) is 4.77. The summed E-state index contributed by atoms with van der Waals surface area (Å²) in [5.41, 5.74) is 1.86. The van der Waals surface area contributed by atoms with Crippen molar-refractivity contribution in [2.45, 2.75) is 64.4 Å². The fourth-order valence-corrected chi connectivity index (χ4v) is 3.47. The monoisotopic (exact) mass is 312 g/mol. The highest BCUT2D eigenvalue weighted by Crippen LogP contribution is 2.40. The van der Waals surface area contributed by atoms with E-state index in [9.17, 15) is 9.59 Å². The molecule has 1 aromatic rings. The molecule has 1 aliphatic carbocycles. The van der Waals surface area contributed by atoms with Gasteiger partial charge in [-0.05, 0) is 12.8 Å². The van der Waals surface area contributed by atoms with Crippen molar-refractivity contribution in [2.75, 3.05) is 0 Å². The van der Waals surface area contributed by atoms with Gasteiger partial charge < -0.3 is 4.74 Å². The number of benzene rings is 1. The van der Waals surface area contributed by atoms with Crippen LogP contribution in [0.3, 0.4) is 0 Å². The summed E-state index contributed by atoms with van der Waals surface area (Å²) in [6.07, 6.45) is 9.08. The Labute approximate surface area is 137 Å². The molecule has 1 atom stereocenters. The number of unbranched alkanes of at least 4 members (excludes halogenated alkanes) is 5. The fourth-order valence-electron chi connectivity index (χ4n) is 3.47. The van der Waals surface area contributed by atoms with E-state index in [1.54, 1.807) is 12.1 Å². The lowest BCUT2D eigenvalue weighted by Gasteiger charge is -2.16. The summed E-state index contributed by atoms with van der Waals surface area (Å²) >= 11 is 0. The molecule has 23 heavy (non-hydrogen) atoms. The number of carbonyl (C=O) groups is 2. The van der Waals surface area contributed by atoms with Crippen LogP contribution in [0.4, 0.5) is 0 Å². The van der Waals surface area contributed by atoms with Gasteiger partial charge in [-0.1, -0.05) is 63.3 Å². The Morgan fingerprint density at radius 1 is 0.957 bits per heavy atom. The number of ketones is 2. The number of rotatable bonds is 7. The van der Waals surface area contributed by atoms with Crippen LogP contribution in [0.5, 0.6) is 0 Å². The molecule has 0 fully saturated rings. The van der Waals surface area contributed by atoms with Crippen molar-refractivity contribution in [3.8, 4) is 0 Å². The lowest BCUT2D eigenvalue weighted by atomic mass is 9.87. The first-order chi connectivity index (χ1) is 11.2. The molecule has 0 N–H and O–H groups in total. The van der Waals surface area contributed by atoms with Gasteiger partial charge in [-0.2, -0.15) is 0 Å². The third-order valence-electron chi connectivity index (χ3n) is 4.77. The molecular weight excluding hydrogens is 288 g/mol. The van der Waals surface area contributed by atoms with Crippen LogP contribution in [0.25, 0.3) is 5.76 Å². The molecule has 0 saturated carbocycles. The first kappa shape index (κ1) is 16.0. The minimum atomic E-state index is -0.386. The number of ether oxygens (including phenoxy) is 1. The highest BCUT2D eigenvalue weighted by Gasteiger charge is 2.39. The molecular formula is C20H24O3. The van der Waals surface area contributed by atoms with E-state index >= 15 is 0 Å². The predicted octanol–water partition coefficient (Wildman–Crippen LogP) is 4.70. The highest BCUT2D eigenvalue weighted by atomic mass is 16.5. The smallest absolute Gasteiger partial charge is 0.234 e. The average molecular weight is 312 g/mol. The minimum absolute atomic E-state index is 0.0501. The first-order valence-corrected chi connectivity index (χ1v) is 8.80. The Morgan fingerprint density at radius 3 is 2.43 bits per heavy atom. The standard InChI is InChI=1S/C20H24O3/c1-2-3-4-5-6-7-10-14-13-17-19(22)18(21)15-11-8-9-12-16(15)20(17)23-14/h8-9,11-12,14H,2-7,10,13H2,1H3. The number of fused-ring (bicyclic) bond motifs is 2. The maximum absolute atomic E-state index is 12.3. The minimum Gasteiger partial charge on any atom is -0.489 e. The SMILES string of the molecule is CCCCCCCCC1CC2=C(O1)c1ccccc1C(=O)C2=O. The largest absolute Gasteiger partial charge is 0.489 e. The lowest BCUT2D eigenvalue weighted by Crippen LogP contribution is -2.22. The third kappa shape index (κ3) is 3.24. The Morgan fingerprint density at radius 2 is 1.65 bits per heavy atom. The van der Waals surface area contributed by atoms with Gasteiger partial charge >= 0.3 is 0 Å². The van der Waals surface area contributed by atoms with Crippen molar-refractivity contribution in [1.29, 1.82) is 0 Å². The lowest BCUT2D eigenvalue weighted by molar-refractivity contribution is -0.112. The fraction of sp³-hybridized carbons (Fsp3) is 0.500. The predicted molar refractivity (Wildman–Crippen MR) is 90.2 cm³/mol. The topological polar surface area (TPSA) is 43.4 Å². The summed E-state index contributed by atoms with van der Waals surface area (Å²) in [5, 5.41) is 0. The molecule has 1 aromatic carbocycles. The molecule has 0 radical (unpaired) electrons. The highest BCUT2D eigenvalue weighted by molar-refractivity contribution is 6.52. The van der Waals surface area contributed by atoms with Gasteiger partial charge in [-0.3, -0.25) is 9.59 Å². The number of Topliss-reactive ketones (excluding diaryl/α,β-unsaturated/α-hetero) is 2. The van der Waals surface area contributed by atoms with E-state index < -0.39 is 0 Å². The van der Waals surface area contributed by atoms with Crippen molar-refractivity contribution in [3.05, 3.63) is 41.0 Å². The van der Waals surface area contributed by atoms with Crippen molar-refractivity contribution >= 4 is 17.3 Å². The molecule has 1 aliphatic heterocycles. The van der Waals surface area contributed by atoms with Crippen molar-refractivity contribution in [1.82, 2.24) is 0 Å². The zero-order chi connectivity index (χ0) is 16.2. The van der Waals surface area contributed by atoms with Gasteiger partial charge in [0, 0.05) is 23.1 Å². The molecule has 1 heterocycles. The van der Waals surface area contributed by atoms with Crippen LogP contribution in [-0.4, -0.2) is 17.7 Å². The number of hydrogen-bond acceptors (Lipinski definition) is 3. The van der Waals surface area contributed by atoms with Crippen molar-refractivity contribution in [2.24, 2.45) is 0 Å². The van der Waals surface area contributed by atoms with Crippen molar-refractivity contribution in [3.63, 3.8) is 0 Å².